The van der Waals surface area contributed by atoms with E-state index in [-0.39, 0.29) is 18.8 Å². The normalized spacial score (nSPS) is 13.7. The molecule has 1 N–H and O–H groups in total. The number of unbranched alkanes of at least 4 members (excludes halogenated alkanes) is 3. The Bertz CT molecular complexity index is 487. The maximum Gasteiger partial charge on any atom is 0.307 e. The van der Waals surface area contributed by atoms with Crippen molar-refractivity contribution in [3.8, 4) is 0 Å². The van der Waals surface area contributed by atoms with Crippen molar-refractivity contribution < 1.29 is 23.9 Å². The second kappa shape index (κ2) is 14.3. The second-order valence-corrected chi connectivity index (χ2v) is 7.43. The number of hydrogen-bond acceptors (Lipinski definition) is 3. The predicted octanol–water partition coefficient (Wildman–Crippen LogP) is 4.11. The number of aliphatic carboxylic acids is 1. The third-order valence-electron chi connectivity index (χ3n) is 3.56. The van der Waals surface area contributed by atoms with Crippen LogP contribution >= 0.6 is 0 Å². The zero-order valence-corrected chi connectivity index (χ0v) is 16.8. The number of nitrogens with zero attached hydrogens (tertiary/aromatic N) is 1. The molecule has 26 heavy (non-hydrogen) atoms. The first-order valence-electron chi connectivity index (χ1n) is 9.39. The van der Waals surface area contributed by atoms with Gasteiger partial charge in [0.15, 0.2) is 6.10 Å². The van der Waals surface area contributed by atoms with Gasteiger partial charge in [0.2, 0.25) is 0 Å². The van der Waals surface area contributed by atoms with Crippen molar-refractivity contribution >= 4 is 11.9 Å². The largest absolute Gasteiger partial charge is 0.481 e. The van der Waals surface area contributed by atoms with Gasteiger partial charge in [0, 0.05) is 6.42 Å². The zero-order valence-electron chi connectivity index (χ0n) is 16.8. The maximum atomic E-state index is 11.9. The highest BCUT2D eigenvalue weighted by atomic mass is 16.5. The number of carboxylic acid groups (broad SMARTS) is 1. The third kappa shape index (κ3) is 17.0. The molecular formula is C21H36NO4+. The molecule has 0 aromatic carbocycles. The van der Waals surface area contributed by atoms with Crippen LogP contribution in [0.15, 0.2) is 36.5 Å². The number of hydrogen-bond donors (Lipinski definition) is 1. The molecule has 0 amide bonds. The molecule has 0 fully saturated rings. The van der Waals surface area contributed by atoms with Crippen LogP contribution < -0.4 is 0 Å². The van der Waals surface area contributed by atoms with Crippen LogP contribution in [-0.2, 0) is 14.3 Å². The molecule has 0 aliphatic rings. The van der Waals surface area contributed by atoms with E-state index >= 15 is 0 Å². The summed E-state index contributed by atoms with van der Waals surface area (Å²) in [5, 5.41) is 8.95. The minimum atomic E-state index is -0.947. The number of carbonyl (C=O) groups excluding carboxylic acids is 1. The summed E-state index contributed by atoms with van der Waals surface area (Å²) >= 11 is 0. The number of quaternary nitrogens is 1. The van der Waals surface area contributed by atoms with Gasteiger partial charge in [-0.1, -0.05) is 36.5 Å². The molecular weight excluding hydrogens is 330 g/mol. The van der Waals surface area contributed by atoms with Crippen molar-refractivity contribution in [2.75, 3.05) is 27.7 Å². The first-order chi connectivity index (χ1) is 12.2. The highest BCUT2D eigenvalue weighted by Crippen LogP contribution is 2.08. The van der Waals surface area contributed by atoms with E-state index < -0.39 is 12.1 Å². The van der Waals surface area contributed by atoms with Crippen LogP contribution in [0, 0.1) is 0 Å². The first-order valence-corrected chi connectivity index (χ1v) is 9.39. The summed E-state index contributed by atoms with van der Waals surface area (Å²) in [7, 11) is 5.84. The van der Waals surface area contributed by atoms with Crippen molar-refractivity contribution in [3.05, 3.63) is 36.5 Å². The molecule has 148 valence electrons. The Hall–Kier alpha value is -1.88. The number of esters is 1. The lowest BCUT2D eigenvalue weighted by molar-refractivity contribution is -0.873. The van der Waals surface area contributed by atoms with Crippen LogP contribution in [0.25, 0.3) is 0 Å². The van der Waals surface area contributed by atoms with Crippen LogP contribution in [0.1, 0.15) is 51.9 Å². The van der Waals surface area contributed by atoms with Crippen molar-refractivity contribution in [3.63, 3.8) is 0 Å². The Labute approximate surface area is 158 Å². The number of carboxylic acids is 1. The van der Waals surface area contributed by atoms with Gasteiger partial charge >= 0.3 is 11.9 Å². The lowest BCUT2D eigenvalue weighted by atomic mass is 10.1. The summed E-state index contributed by atoms with van der Waals surface area (Å²) in [4.78, 5) is 22.8. The van der Waals surface area contributed by atoms with Crippen molar-refractivity contribution in [1.82, 2.24) is 0 Å². The van der Waals surface area contributed by atoms with E-state index in [4.69, 9.17) is 9.84 Å². The highest BCUT2D eigenvalue weighted by Gasteiger charge is 2.24. The molecule has 5 nitrogen and oxygen atoms in total. The number of carbonyl (C=O) groups is 2. The molecule has 1 unspecified atom stereocenters. The highest BCUT2D eigenvalue weighted by molar-refractivity contribution is 5.71. The van der Waals surface area contributed by atoms with E-state index in [1.807, 2.05) is 46.3 Å². The molecule has 0 heterocycles. The fourth-order valence-electron chi connectivity index (χ4n) is 2.44. The summed E-state index contributed by atoms with van der Waals surface area (Å²) in [5.74, 6) is -1.28. The average Bonchev–Trinajstić information content (AvgIpc) is 2.50. The average molecular weight is 367 g/mol. The van der Waals surface area contributed by atoms with Crippen LogP contribution in [0.2, 0.25) is 0 Å². The second-order valence-electron chi connectivity index (χ2n) is 7.43. The molecule has 0 spiro atoms. The number of ether oxygens (including phenoxy) is 1. The van der Waals surface area contributed by atoms with E-state index in [1.165, 1.54) is 0 Å². The van der Waals surface area contributed by atoms with E-state index in [2.05, 4.69) is 18.2 Å². The Morgan fingerprint density at radius 1 is 1.00 bits per heavy atom. The van der Waals surface area contributed by atoms with Crippen LogP contribution in [0.4, 0.5) is 0 Å². The van der Waals surface area contributed by atoms with Gasteiger partial charge in [-0.25, -0.2) is 0 Å². The topological polar surface area (TPSA) is 63.6 Å². The minimum absolute atomic E-state index is 0.153. The quantitative estimate of drug-likeness (QED) is 0.165. The van der Waals surface area contributed by atoms with Crippen molar-refractivity contribution in [2.24, 2.45) is 0 Å². The Morgan fingerprint density at radius 2 is 1.62 bits per heavy atom. The van der Waals surface area contributed by atoms with Gasteiger partial charge in [-0.15, -0.1) is 0 Å². The van der Waals surface area contributed by atoms with E-state index in [1.54, 1.807) is 0 Å². The SMILES string of the molecule is C/C=C/C=C/CCCC/C=C/CCC(=O)OC(CC(=O)O)C[N+](C)(C)C. The van der Waals surface area contributed by atoms with Gasteiger partial charge in [-0.2, -0.15) is 0 Å². The van der Waals surface area contributed by atoms with Gasteiger partial charge in [-0.05, 0) is 39.0 Å². The van der Waals surface area contributed by atoms with E-state index in [9.17, 15) is 9.59 Å². The van der Waals surface area contributed by atoms with Gasteiger partial charge in [0.05, 0.1) is 27.6 Å². The lowest BCUT2D eigenvalue weighted by Crippen LogP contribution is -2.43. The molecule has 0 bridgehead atoms. The first kappa shape index (κ1) is 24.1. The van der Waals surface area contributed by atoms with Crippen LogP contribution in [0.5, 0.6) is 0 Å². The van der Waals surface area contributed by atoms with Crippen LogP contribution in [0.3, 0.4) is 0 Å². The number of rotatable bonds is 14. The Balaban J connectivity index is 3.95. The molecule has 0 saturated carbocycles. The molecule has 5 heteroatoms. The molecule has 0 saturated heterocycles. The zero-order chi connectivity index (χ0) is 19.8. The molecule has 0 rings (SSSR count). The third-order valence-corrected chi connectivity index (χ3v) is 3.56. The van der Waals surface area contributed by atoms with Gasteiger partial charge < -0.3 is 14.3 Å². The van der Waals surface area contributed by atoms with E-state index in [0.717, 1.165) is 25.7 Å². The van der Waals surface area contributed by atoms with Gasteiger partial charge in [0.1, 0.15) is 6.54 Å². The molecule has 0 aromatic heterocycles. The summed E-state index contributed by atoms with van der Waals surface area (Å²) in [6.45, 7) is 2.48. The smallest absolute Gasteiger partial charge is 0.307 e. The summed E-state index contributed by atoms with van der Waals surface area (Å²) < 4.78 is 5.90. The van der Waals surface area contributed by atoms with Crippen LogP contribution in [-0.4, -0.2) is 55.3 Å². The van der Waals surface area contributed by atoms with Gasteiger partial charge in [-0.3, -0.25) is 9.59 Å². The molecule has 0 aliphatic carbocycles. The lowest BCUT2D eigenvalue weighted by Gasteiger charge is -2.28. The molecule has 1 atom stereocenters. The predicted molar refractivity (Wildman–Crippen MR) is 106 cm³/mol. The minimum Gasteiger partial charge on any atom is -0.481 e. The summed E-state index contributed by atoms with van der Waals surface area (Å²) in [6, 6.07) is 0. The Morgan fingerprint density at radius 3 is 2.19 bits per heavy atom. The monoisotopic (exact) mass is 366 g/mol. The molecule has 0 aromatic rings. The Kier molecular flexibility index (Phi) is 13.3. The van der Waals surface area contributed by atoms with Gasteiger partial charge in [0.25, 0.3) is 0 Å². The number of likely N-dealkylation sites (N-methyl/N-ethyl adjacent to an activating group) is 1. The van der Waals surface area contributed by atoms with Crippen molar-refractivity contribution in [2.45, 2.75) is 58.0 Å². The standard InChI is InChI=1S/C21H35NO4/c1-5-6-7-8-9-10-11-12-13-14-15-16-21(25)26-19(17-20(23)24)18-22(2,3)4/h5-8,13-14,19H,9-12,15-18H2,1-4H3/p+1/b6-5+,8-7+,14-13+. The summed E-state index contributed by atoms with van der Waals surface area (Å²) in [6.07, 6.45) is 16.9. The number of allylic oxidation sites excluding steroid dienone is 6. The molecule has 0 radical (unpaired) electrons. The fourth-order valence-corrected chi connectivity index (χ4v) is 2.44. The van der Waals surface area contributed by atoms with E-state index in [0.29, 0.717) is 17.4 Å². The maximum absolute atomic E-state index is 11.9. The summed E-state index contributed by atoms with van der Waals surface area (Å²) in [5.41, 5.74) is 0. The molecule has 0 aliphatic heterocycles. The van der Waals surface area contributed by atoms with Crippen molar-refractivity contribution in [1.29, 1.82) is 0 Å². The fraction of sp³-hybridized carbons (Fsp3) is 0.619.